The van der Waals surface area contributed by atoms with Gasteiger partial charge < -0.3 is 5.32 Å². The third kappa shape index (κ3) is 5.01. The van der Waals surface area contributed by atoms with E-state index in [4.69, 9.17) is 0 Å². The van der Waals surface area contributed by atoms with E-state index in [0.29, 0.717) is 17.7 Å². The summed E-state index contributed by atoms with van der Waals surface area (Å²) in [5, 5.41) is 3.66. The maximum Gasteiger partial charge on any atom is 0.150 e. The summed E-state index contributed by atoms with van der Waals surface area (Å²) in [7, 11) is -2.83. The van der Waals surface area contributed by atoms with Gasteiger partial charge in [0.1, 0.15) is 9.84 Å². The first kappa shape index (κ1) is 17.9. The number of hydrogen-bond donors (Lipinski definition) is 1. The number of nitrogens with zero attached hydrogens (tertiary/aromatic N) is 1. The summed E-state index contributed by atoms with van der Waals surface area (Å²) < 4.78 is 23.2. The van der Waals surface area contributed by atoms with Crippen molar-refractivity contribution in [3.8, 4) is 0 Å². The molecule has 2 atom stereocenters. The average Bonchev–Trinajstić information content (AvgIpc) is 2.38. The van der Waals surface area contributed by atoms with Crippen LogP contribution in [0.3, 0.4) is 0 Å². The Morgan fingerprint density at radius 3 is 2.50 bits per heavy atom. The van der Waals surface area contributed by atoms with Crippen LogP contribution in [0.15, 0.2) is 0 Å². The zero-order valence-electron chi connectivity index (χ0n) is 13.8. The topological polar surface area (TPSA) is 49.4 Å². The second-order valence-corrected chi connectivity index (χ2v) is 9.14. The molecular formula is C15H32N2O2S. The van der Waals surface area contributed by atoms with Gasteiger partial charge in [-0.3, -0.25) is 4.90 Å². The fraction of sp³-hybridized carbons (Fsp3) is 1.00. The van der Waals surface area contributed by atoms with Crippen molar-refractivity contribution in [3.05, 3.63) is 0 Å². The highest BCUT2D eigenvalue weighted by molar-refractivity contribution is 7.91. The molecule has 1 N–H and O–H groups in total. The summed E-state index contributed by atoms with van der Waals surface area (Å²) in [5.74, 6) is 1.17. The molecule has 1 saturated heterocycles. The third-order valence-electron chi connectivity index (χ3n) is 4.65. The smallest absolute Gasteiger partial charge is 0.150 e. The van der Waals surface area contributed by atoms with Crippen LogP contribution in [-0.2, 0) is 9.84 Å². The van der Waals surface area contributed by atoms with Gasteiger partial charge in [0.05, 0.1) is 5.75 Å². The van der Waals surface area contributed by atoms with E-state index in [1.54, 1.807) is 6.92 Å². The molecule has 0 aromatic carbocycles. The van der Waals surface area contributed by atoms with E-state index < -0.39 is 9.84 Å². The monoisotopic (exact) mass is 304 g/mol. The van der Waals surface area contributed by atoms with Gasteiger partial charge in [0.2, 0.25) is 0 Å². The molecule has 1 aliphatic rings. The van der Waals surface area contributed by atoms with Gasteiger partial charge in [0.15, 0.2) is 0 Å². The highest BCUT2D eigenvalue weighted by atomic mass is 32.2. The molecule has 1 fully saturated rings. The van der Waals surface area contributed by atoms with Crippen molar-refractivity contribution in [3.63, 3.8) is 0 Å². The summed E-state index contributed by atoms with van der Waals surface area (Å²) in [4.78, 5) is 2.50. The molecule has 20 heavy (non-hydrogen) atoms. The normalized spacial score (nSPS) is 29.0. The SMILES string of the molecule is CCC1(C)CN(CCCS(=O)(=O)CC)C(C(C)C)CN1. The first-order valence-corrected chi connectivity index (χ1v) is 9.74. The van der Waals surface area contributed by atoms with Crippen LogP contribution in [0, 0.1) is 5.92 Å². The van der Waals surface area contributed by atoms with Gasteiger partial charge in [0.25, 0.3) is 0 Å². The van der Waals surface area contributed by atoms with Crippen molar-refractivity contribution in [1.29, 1.82) is 0 Å². The highest BCUT2D eigenvalue weighted by Gasteiger charge is 2.35. The molecule has 0 radical (unpaired) electrons. The Balaban J connectivity index is 2.61. The lowest BCUT2D eigenvalue weighted by atomic mass is 9.90. The number of piperazine rings is 1. The van der Waals surface area contributed by atoms with Crippen molar-refractivity contribution >= 4 is 9.84 Å². The van der Waals surface area contributed by atoms with E-state index in [-0.39, 0.29) is 11.3 Å². The molecule has 0 amide bonds. The van der Waals surface area contributed by atoms with Crippen LogP contribution in [0.5, 0.6) is 0 Å². The van der Waals surface area contributed by atoms with Gasteiger partial charge in [0, 0.05) is 30.4 Å². The second-order valence-electron chi connectivity index (χ2n) is 6.67. The summed E-state index contributed by atoms with van der Waals surface area (Å²) >= 11 is 0. The fourth-order valence-electron chi connectivity index (χ4n) is 2.87. The van der Waals surface area contributed by atoms with Crippen molar-refractivity contribution in [2.45, 2.75) is 59.0 Å². The van der Waals surface area contributed by atoms with Gasteiger partial charge in [-0.2, -0.15) is 0 Å². The van der Waals surface area contributed by atoms with Crippen LogP contribution in [0.1, 0.15) is 47.5 Å². The zero-order chi connectivity index (χ0) is 15.4. The van der Waals surface area contributed by atoms with Crippen molar-refractivity contribution < 1.29 is 8.42 Å². The Labute approximate surface area is 125 Å². The number of sulfone groups is 1. The predicted octanol–water partition coefficient (Wildman–Crippen LogP) is 1.91. The van der Waals surface area contributed by atoms with Gasteiger partial charge in [-0.15, -0.1) is 0 Å². The van der Waals surface area contributed by atoms with E-state index in [0.717, 1.165) is 32.5 Å². The van der Waals surface area contributed by atoms with Gasteiger partial charge in [-0.25, -0.2) is 8.42 Å². The van der Waals surface area contributed by atoms with Crippen molar-refractivity contribution in [2.75, 3.05) is 31.1 Å². The third-order valence-corrected chi connectivity index (χ3v) is 6.44. The molecular weight excluding hydrogens is 272 g/mol. The first-order valence-electron chi connectivity index (χ1n) is 7.92. The first-order chi connectivity index (χ1) is 9.23. The lowest BCUT2D eigenvalue weighted by Gasteiger charge is -2.47. The number of rotatable bonds is 7. The molecule has 2 unspecified atom stereocenters. The molecule has 0 aromatic heterocycles. The Morgan fingerprint density at radius 2 is 2.00 bits per heavy atom. The molecule has 120 valence electrons. The minimum atomic E-state index is -2.83. The highest BCUT2D eigenvalue weighted by Crippen LogP contribution is 2.22. The molecule has 0 aliphatic carbocycles. The van der Waals surface area contributed by atoms with Crippen LogP contribution in [-0.4, -0.2) is 56.0 Å². The summed E-state index contributed by atoms with van der Waals surface area (Å²) in [6.45, 7) is 13.6. The molecule has 5 heteroatoms. The van der Waals surface area contributed by atoms with E-state index in [1.165, 1.54) is 0 Å². The Kier molecular flexibility index (Phi) is 6.48. The Bertz CT molecular complexity index is 395. The molecule has 0 spiro atoms. The zero-order valence-corrected chi connectivity index (χ0v) is 14.6. The lowest BCUT2D eigenvalue weighted by Crippen LogP contribution is -2.64. The lowest BCUT2D eigenvalue weighted by molar-refractivity contribution is 0.0607. The van der Waals surface area contributed by atoms with Gasteiger partial charge in [-0.05, 0) is 32.2 Å². The van der Waals surface area contributed by atoms with E-state index in [2.05, 4.69) is 37.9 Å². The molecule has 1 heterocycles. The van der Waals surface area contributed by atoms with Gasteiger partial charge >= 0.3 is 0 Å². The minimum absolute atomic E-state index is 0.162. The summed E-state index contributed by atoms with van der Waals surface area (Å²) in [5.41, 5.74) is 0.162. The predicted molar refractivity (Wildman–Crippen MR) is 85.8 cm³/mol. The average molecular weight is 305 g/mol. The molecule has 0 aromatic rings. The van der Waals surface area contributed by atoms with E-state index in [1.807, 2.05) is 0 Å². The second kappa shape index (κ2) is 7.23. The molecule has 4 nitrogen and oxygen atoms in total. The van der Waals surface area contributed by atoms with E-state index in [9.17, 15) is 8.42 Å². The largest absolute Gasteiger partial charge is 0.309 e. The molecule has 1 rings (SSSR count). The van der Waals surface area contributed by atoms with Crippen LogP contribution in [0.2, 0.25) is 0 Å². The summed E-state index contributed by atoms with van der Waals surface area (Å²) in [6.07, 6.45) is 1.85. The van der Waals surface area contributed by atoms with Crippen LogP contribution < -0.4 is 5.32 Å². The molecule has 1 aliphatic heterocycles. The summed E-state index contributed by atoms with van der Waals surface area (Å²) in [6, 6.07) is 0.513. The van der Waals surface area contributed by atoms with Gasteiger partial charge in [-0.1, -0.05) is 27.7 Å². The standard InChI is InChI=1S/C15H32N2O2S/c1-6-15(5)12-17(14(11-16-15)13(3)4)9-8-10-20(18,19)7-2/h13-14,16H,6-12H2,1-5H3. The Hall–Kier alpha value is -0.130. The Morgan fingerprint density at radius 1 is 1.35 bits per heavy atom. The van der Waals surface area contributed by atoms with Crippen LogP contribution in [0.25, 0.3) is 0 Å². The fourth-order valence-corrected chi connectivity index (χ4v) is 3.73. The number of hydrogen-bond acceptors (Lipinski definition) is 4. The molecule has 0 saturated carbocycles. The quantitative estimate of drug-likeness (QED) is 0.780. The van der Waals surface area contributed by atoms with Crippen molar-refractivity contribution in [2.24, 2.45) is 5.92 Å². The maximum atomic E-state index is 11.6. The maximum absolute atomic E-state index is 11.6. The van der Waals surface area contributed by atoms with Crippen molar-refractivity contribution in [1.82, 2.24) is 10.2 Å². The molecule has 0 bridgehead atoms. The van der Waals surface area contributed by atoms with Crippen LogP contribution in [0.4, 0.5) is 0 Å². The van der Waals surface area contributed by atoms with E-state index >= 15 is 0 Å². The van der Waals surface area contributed by atoms with Crippen LogP contribution >= 0.6 is 0 Å². The number of nitrogens with one attached hydrogen (secondary N) is 1. The minimum Gasteiger partial charge on any atom is -0.309 e.